The van der Waals surface area contributed by atoms with Gasteiger partial charge in [-0.1, -0.05) is 65.0 Å². The lowest BCUT2D eigenvalue weighted by atomic mass is 9.70. The van der Waals surface area contributed by atoms with Gasteiger partial charge < -0.3 is 19.2 Å². The van der Waals surface area contributed by atoms with Crippen LogP contribution in [0.2, 0.25) is 13.1 Å². The second kappa shape index (κ2) is 15.2. The van der Waals surface area contributed by atoms with Crippen molar-refractivity contribution in [1.29, 1.82) is 0 Å². The number of hydrogen-bond acceptors (Lipinski definition) is 6. The number of amides is 2. The zero-order chi connectivity index (χ0) is 35.2. The fourth-order valence-corrected chi connectivity index (χ4v) is 6.91. The molecule has 256 valence electrons. The van der Waals surface area contributed by atoms with E-state index >= 15 is 0 Å². The summed E-state index contributed by atoms with van der Waals surface area (Å²) in [5.41, 5.74) is -2.87. The summed E-state index contributed by atoms with van der Waals surface area (Å²) >= 11 is 0. The average molecular weight is 676 g/mol. The van der Waals surface area contributed by atoms with Gasteiger partial charge in [0.25, 0.3) is 5.56 Å². The van der Waals surface area contributed by atoms with Crippen molar-refractivity contribution in [2.45, 2.75) is 72.8 Å². The summed E-state index contributed by atoms with van der Waals surface area (Å²) < 4.78 is 62.2. The van der Waals surface area contributed by atoms with Crippen LogP contribution in [0.15, 0.2) is 71.5 Å². The lowest BCUT2D eigenvalue weighted by molar-refractivity contribution is -0.265. The monoisotopic (exact) mass is 675 g/mol. The Bertz CT molecular complexity index is 1560. The predicted molar refractivity (Wildman–Crippen MR) is 178 cm³/mol. The van der Waals surface area contributed by atoms with Crippen molar-refractivity contribution in [3.63, 3.8) is 0 Å². The second-order valence-corrected chi connectivity index (χ2v) is 15.3. The molecular weight excluding hydrogens is 631 g/mol. The van der Waals surface area contributed by atoms with Crippen LogP contribution in [0.5, 0.6) is 5.75 Å². The first-order chi connectivity index (χ1) is 21.9. The van der Waals surface area contributed by atoms with Crippen LogP contribution < -0.4 is 20.9 Å². The molecule has 3 rings (SSSR count). The molecule has 0 saturated heterocycles. The molecule has 2 aromatic carbocycles. The third-order valence-corrected chi connectivity index (χ3v) is 8.42. The fourth-order valence-electron chi connectivity index (χ4n) is 5.67. The number of benzene rings is 2. The highest BCUT2D eigenvalue weighted by molar-refractivity contribution is 6.48. The van der Waals surface area contributed by atoms with Crippen molar-refractivity contribution in [2.75, 3.05) is 12.4 Å². The van der Waals surface area contributed by atoms with Gasteiger partial charge in [0.05, 0.1) is 12.8 Å². The SMILES string of the molecule is COc1ccc(-c2ccc(NC(=O)OCc3ccccc3)c(=O)n2CC(=O)NC(O[SiH](C)C)(C(C)C)C(C(C)(C)C)C(F)(F)F)cc1. The number of hydrogen-bond donors (Lipinski definition) is 2. The number of alkyl halides is 3. The number of nitrogens with one attached hydrogen (secondary N) is 2. The molecule has 2 unspecified atom stereocenters. The summed E-state index contributed by atoms with van der Waals surface area (Å²) in [4.78, 5) is 40.3. The standard InChI is InChI=1S/C34H44F3N3O6Si/c1-22(2)33(46-47(7)8,30(32(3,4)5)34(35,36)37)39-28(41)20-40-27(24-14-16-25(44-6)17-15-24)19-18-26(29(40)42)38-31(43)45-21-23-12-10-9-11-13-23/h9-19,22,30,47H,20-21H2,1-8H3,(H,38,43)(H,39,41). The number of methoxy groups -OCH3 is 1. The number of anilines is 1. The molecule has 0 aliphatic heterocycles. The molecule has 1 heterocycles. The average Bonchev–Trinajstić information content (AvgIpc) is 2.97. The largest absolute Gasteiger partial charge is 0.497 e. The van der Waals surface area contributed by atoms with Gasteiger partial charge in [0.15, 0.2) is 9.04 Å². The van der Waals surface area contributed by atoms with Crippen LogP contribution >= 0.6 is 0 Å². The molecule has 3 aromatic rings. The van der Waals surface area contributed by atoms with Gasteiger partial charge in [0.1, 0.15) is 36.2 Å². The third-order valence-electron chi connectivity index (χ3n) is 7.56. The van der Waals surface area contributed by atoms with E-state index < -0.39 is 62.3 Å². The maximum absolute atomic E-state index is 14.8. The van der Waals surface area contributed by atoms with Crippen molar-refractivity contribution in [3.05, 3.63) is 82.6 Å². The minimum Gasteiger partial charge on any atom is -0.497 e. The van der Waals surface area contributed by atoms with Crippen LogP contribution in [0.3, 0.4) is 0 Å². The van der Waals surface area contributed by atoms with Crippen LogP contribution in [0.25, 0.3) is 11.3 Å². The molecule has 0 fully saturated rings. The number of carbonyl (C=O) groups is 2. The quantitative estimate of drug-likeness (QED) is 0.159. The Morgan fingerprint density at radius 1 is 0.936 bits per heavy atom. The van der Waals surface area contributed by atoms with E-state index in [0.717, 1.165) is 10.1 Å². The minimum absolute atomic E-state index is 0.0438. The zero-order valence-corrected chi connectivity index (χ0v) is 29.2. The van der Waals surface area contributed by atoms with E-state index in [4.69, 9.17) is 13.9 Å². The lowest BCUT2D eigenvalue weighted by Crippen LogP contribution is -2.67. The van der Waals surface area contributed by atoms with Crippen LogP contribution in [0.4, 0.5) is 23.7 Å². The van der Waals surface area contributed by atoms with Crippen molar-refractivity contribution >= 4 is 26.7 Å². The molecule has 47 heavy (non-hydrogen) atoms. The number of nitrogens with zero attached hydrogens (tertiary/aromatic N) is 1. The molecule has 1 aromatic heterocycles. The van der Waals surface area contributed by atoms with Gasteiger partial charge in [-0.15, -0.1) is 0 Å². The van der Waals surface area contributed by atoms with Gasteiger partial charge >= 0.3 is 12.3 Å². The summed E-state index contributed by atoms with van der Waals surface area (Å²) in [7, 11) is -0.682. The number of pyridine rings is 1. The van der Waals surface area contributed by atoms with Crippen molar-refractivity contribution in [3.8, 4) is 17.0 Å². The molecule has 0 saturated carbocycles. The summed E-state index contributed by atoms with van der Waals surface area (Å²) in [6.07, 6.45) is -5.62. The first kappa shape index (κ1) is 37.4. The Kier molecular flexibility index (Phi) is 12.1. The number of aromatic nitrogens is 1. The molecule has 2 amide bonds. The topological polar surface area (TPSA) is 108 Å². The molecule has 13 heteroatoms. The summed E-state index contributed by atoms with van der Waals surface area (Å²) in [5.74, 6) is -3.19. The van der Waals surface area contributed by atoms with E-state index in [1.165, 1.54) is 40.0 Å². The molecule has 0 bridgehead atoms. The first-order valence-corrected chi connectivity index (χ1v) is 18.1. The number of carbonyl (C=O) groups excluding carboxylic acids is 2. The smallest absolute Gasteiger partial charge is 0.412 e. The highest BCUT2D eigenvalue weighted by atomic mass is 28.3. The first-order valence-electron chi connectivity index (χ1n) is 15.3. The van der Waals surface area contributed by atoms with Crippen LogP contribution in [-0.2, 0) is 27.1 Å². The number of rotatable bonds is 12. The minimum atomic E-state index is -4.73. The summed E-state index contributed by atoms with van der Waals surface area (Å²) in [6, 6.07) is 18.5. The Hall–Kier alpha value is -4.10. The molecule has 9 nitrogen and oxygen atoms in total. The van der Waals surface area contributed by atoms with Gasteiger partial charge in [0.2, 0.25) is 5.91 Å². The summed E-state index contributed by atoms with van der Waals surface area (Å²) in [5, 5.41) is 5.04. The maximum atomic E-state index is 14.8. The summed E-state index contributed by atoms with van der Waals surface area (Å²) in [6.45, 7) is 10.3. The van der Waals surface area contributed by atoms with Crippen LogP contribution in [0.1, 0.15) is 40.2 Å². The second-order valence-electron chi connectivity index (χ2n) is 12.9. The van der Waals surface area contributed by atoms with E-state index in [-0.39, 0.29) is 18.0 Å². The van der Waals surface area contributed by atoms with Gasteiger partial charge in [-0.25, -0.2) is 4.79 Å². The molecule has 2 atom stereocenters. The highest BCUT2D eigenvalue weighted by Crippen LogP contribution is 2.49. The third kappa shape index (κ3) is 9.47. The molecule has 0 aliphatic rings. The Morgan fingerprint density at radius 2 is 1.55 bits per heavy atom. The Labute approximate surface area is 275 Å². The highest BCUT2D eigenvalue weighted by Gasteiger charge is 2.61. The molecule has 0 radical (unpaired) electrons. The number of ether oxygens (including phenoxy) is 2. The Balaban J connectivity index is 2.06. The van der Waals surface area contributed by atoms with E-state index in [1.54, 1.807) is 75.5 Å². The molecular formula is C34H44F3N3O6Si. The van der Waals surface area contributed by atoms with Gasteiger partial charge in [-0.05, 0) is 66.0 Å². The van der Waals surface area contributed by atoms with Crippen molar-refractivity contribution in [1.82, 2.24) is 9.88 Å². The molecule has 2 N–H and O–H groups in total. The van der Waals surface area contributed by atoms with Crippen molar-refractivity contribution in [2.24, 2.45) is 17.3 Å². The predicted octanol–water partition coefficient (Wildman–Crippen LogP) is 6.97. The molecule has 0 spiro atoms. The lowest BCUT2D eigenvalue weighted by Gasteiger charge is -2.51. The van der Waals surface area contributed by atoms with Gasteiger partial charge in [0, 0.05) is 5.92 Å². The van der Waals surface area contributed by atoms with Gasteiger partial charge in [-0.2, -0.15) is 13.2 Å². The van der Waals surface area contributed by atoms with E-state index in [1.807, 2.05) is 6.07 Å². The Morgan fingerprint density at radius 3 is 2.06 bits per heavy atom. The fraction of sp³-hybridized carbons (Fsp3) is 0.441. The van der Waals surface area contributed by atoms with E-state index in [9.17, 15) is 27.6 Å². The molecule has 0 aliphatic carbocycles. The maximum Gasteiger partial charge on any atom is 0.412 e. The van der Waals surface area contributed by atoms with Crippen molar-refractivity contribution < 1.29 is 36.7 Å². The van der Waals surface area contributed by atoms with Gasteiger partial charge in [-0.3, -0.25) is 19.5 Å². The van der Waals surface area contributed by atoms with Crippen LogP contribution in [0, 0.1) is 17.3 Å². The van der Waals surface area contributed by atoms with E-state index in [2.05, 4.69) is 10.6 Å². The zero-order valence-electron chi connectivity index (χ0n) is 28.0. The van der Waals surface area contributed by atoms with E-state index in [0.29, 0.717) is 11.3 Å². The normalized spacial score (nSPS) is 14.0. The number of halogens is 3. The van der Waals surface area contributed by atoms with Crippen LogP contribution in [-0.4, -0.2) is 44.6 Å².